The summed E-state index contributed by atoms with van der Waals surface area (Å²) < 4.78 is 10.7. The van der Waals surface area contributed by atoms with Gasteiger partial charge in [-0.3, -0.25) is 4.79 Å². The van der Waals surface area contributed by atoms with Gasteiger partial charge in [0.15, 0.2) is 0 Å². The monoisotopic (exact) mass is 194 g/mol. The lowest BCUT2D eigenvalue weighted by atomic mass is 9.84. The lowest BCUT2D eigenvalue weighted by molar-refractivity contribution is -0.146. The Morgan fingerprint density at radius 2 is 2.50 bits per heavy atom. The minimum atomic E-state index is -0.234. The van der Waals surface area contributed by atoms with Crippen LogP contribution in [0.5, 0.6) is 0 Å². The maximum absolute atomic E-state index is 10.8. The van der Waals surface area contributed by atoms with Gasteiger partial charge in [-0.1, -0.05) is 6.58 Å². The van der Waals surface area contributed by atoms with Gasteiger partial charge in [0.1, 0.15) is 11.7 Å². The van der Waals surface area contributed by atoms with Crippen molar-refractivity contribution in [2.45, 2.75) is 44.5 Å². The fourth-order valence-electron chi connectivity index (χ4n) is 2.12. The summed E-state index contributed by atoms with van der Waals surface area (Å²) in [6.45, 7) is 7.10. The van der Waals surface area contributed by atoms with Gasteiger partial charge < -0.3 is 9.47 Å². The Bertz CT molecular complexity index is 327. The molecule has 1 heterocycles. The summed E-state index contributed by atoms with van der Waals surface area (Å²) in [7, 11) is 0. The lowest BCUT2D eigenvalue weighted by Gasteiger charge is -2.23. The van der Waals surface area contributed by atoms with Crippen molar-refractivity contribution >= 4 is 5.97 Å². The third-order valence-corrected chi connectivity index (χ3v) is 3.00. The summed E-state index contributed by atoms with van der Waals surface area (Å²) in [6, 6.07) is 0. The first kappa shape index (κ1) is 9.50. The number of ether oxygens (including phenoxy) is 2. The van der Waals surface area contributed by atoms with Crippen LogP contribution in [0, 0.1) is 0 Å². The van der Waals surface area contributed by atoms with Gasteiger partial charge in [-0.15, -0.1) is 5.73 Å². The number of carbonyl (C=O) groups is 1. The fraction of sp³-hybridized carbons (Fsp3) is 0.636. The van der Waals surface area contributed by atoms with E-state index in [9.17, 15) is 4.79 Å². The molecule has 0 bridgehead atoms. The summed E-state index contributed by atoms with van der Waals surface area (Å²) in [5.74, 6) is -0.234. The Morgan fingerprint density at radius 3 is 3.07 bits per heavy atom. The summed E-state index contributed by atoms with van der Waals surface area (Å²) in [4.78, 5) is 10.8. The van der Waals surface area contributed by atoms with E-state index in [1.54, 1.807) is 0 Å². The molecule has 1 saturated heterocycles. The summed E-state index contributed by atoms with van der Waals surface area (Å²) >= 11 is 0. The normalized spacial score (nSPS) is 39.7. The molecule has 3 atom stereocenters. The quantitative estimate of drug-likeness (QED) is 0.361. The Hall–Kier alpha value is -1.05. The van der Waals surface area contributed by atoms with Crippen molar-refractivity contribution in [2.24, 2.45) is 0 Å². The molecule has 2 aliphatic rings. The maximum atomic E-state index is 10.8. The maximum Gasteiger partial charge on any atom is 0.302 e. The number of hydrogen-bond acceptors (Lipinski definition) is 3. The first-order valence-corrected chi connectivity index (χ1v) is 4.80. The van der Waals surface area contributed by atoms with Gasteiger partial charge in [-0.05, 0) is 6.92 Å². The predicted molar refractivity (Wildman–Crippen MR) is 50.7 cm³/mol. The highest BCUT2D eigenvalue weighted by Crippen LogP contribution is 2.50. The molecule has 3 heteroatoms. The highest BCUT2D eigenvalue weighted by molar-refractivity contribution is 5.66. The van der Waals surface area contributed by atoms with Gasteiger partial charge in [-0.2, -0.15) is 0 Å². The van der Waals surface area contributed by atoms with E-state index in [0.717, 1.165) is 12.0 Å². The topological polar surface area (TPSA) is 38.8 Å². The molecule has 1 aliphatic heterocycles. The molecule has 0 spiro atoms. The number of esters is 1. The number of epoxide rings is 1. The van der Waals surface area contributed by atoms with Crippen LogP contribution in [0.3, 0.4) is 0 Å². The van der Waals surface area contributed by atoms with E-state index in [4.69, 9.17) is 9.47 Å². The third kappa shape index (κ3) is 1.39. The predicted octanol–water partition coefficient (Wildman–Crippen LogP) is 1.58. The van der Waals surface area contributed by atoms with Crippen molar-refractivity contribution < 1.29 is 14.3 Å². The molecule has 2 fully saturated rings. The van der Waals surface area contributed by atoms with Gasteiger partial charge >= 0.3 is 5.97 Å². The molecule has 1 saturated carbocycles. The van der Waals surface area contributed by atoms with E-state index in [-0.39, 0.29) is 23.8 Å². The van der Waals surface area contributed by atoms with Crippen molar-refractivity contribution in [1.29, 1.82) is 0 Å². The summed E-state index contributed by atoms with van der Waals surface area (Å²) in [5.41, 5.74) is 3.75. The largest absolute Gasteiger partial charge is 0.462 e. The van der Waals surface area contributed by atoms with Crippen molar-refractivity contribution in [1.82, 2.24) is 0 Å². The molecule has 0 aromatic carbocycles. The molecule has 0 amide bonds. The number of hydrogen-bond donors (Lipinski definition) is 0. The fourth-order valence-corrected chi connectivity index (χ4v) is 2.12. The van der Waals surface area contributed by atoms with Gasteiger partial charge in [0, 0.05) is 25.3 Å². The minimum absolute atomic E-state index is 0.0580. The molecule has 1 aliphatic carbocycles. The Labute approximate surface area is 83.4 Å². The highest BCUT2D eigenvalue weighted by Gasteiger charge is 2.59. The van der Waals surface area contributed by atoms with E-state index < -0.39 is 0 Å². The zero-order valence-corrected chi connectivity index (χ0v) is 8.50. The van der Waals surface area contributed by atoms with Crippen LogP contribution in [-0.4, -0.2) is 23.8 Å². The SMILES string of the molecule is C=C=C1C[C@@H](OC(C)=O)C[C@@H]2O[C@]12C. The Kier molecular flexibility index (Phi) is 2.02. The number of rotatable bonds is 1. The smallest absolute Gasteiger partial charge is 0.302 e. The lowest BCUT2D eigenvalue weighted by Crippen LogP contribution is -2.30. The second-order valence-corrected chi connectivity index (χ2v) is 4.04. The third-order valence-electron chi connectivity index (χ3n) is 3.00. The molecule has 0 radical (unpaired) electrons. The summed E-state index contributed by atoms with van der Waals surface area (Å²) in [6.07, 6.45) is 1.62. The zero-order valence-electron chi connectivity index (χ0n) is 8.50. The molecule has 0 aromatic rings. The summed E-state index contributed by atoms with van der Waals surface area (Å²) in [5, 5.41) is 0. The van der Waals surface area contributed by atoms with Crippen LogP contribution in [0.4, 0.5) is 0 Å². The molecule has 2 rings (SSSR count). The Balaban J connectivity index is 2.08. The van der Waals surface area contributed by atoms with Gasteiger partial charge in [0.2, 0.25) is 0 Å². The average Bonchev–Trinajstić information content (AvgIpc) is 2.74. The van der Waals surface area contributed by atoms with Crippen molar-refractivity contribution in [3.63, 3.8) is 0 Å². The second kappa shape index (κ2) is 2.97. The van der Waals surface area contributed by atoms with E-state index in [1.165, 1.54) is 6.92 Å². The number of carbonyl (C=O) groups excluding carboxylic acids is 1. The van der Waals surface area contributed by atoms with Gasteiger partial charge in [-0.25, -0.2) is 0 Å². The van der Waals surface area contributed by atoms with Crippen LogP contribution in [0.1, 0.15) is 26.7 Å². The van der Waals surface area contributed by atoms with E-state index in [1.807, 2.05) is 6.92 Å². The van der Waals surface area contributed by atoms with Crippen LogP contribution in [0.25, 0.3) is 0 Å². The average molecular weight is 194 g/mol. The van der Waals surface area contributed by atoms with E-state index in [2.05, 4.69) is 12.3 Å². The van der Waals surface area contributed by atoms with E-state index >= 15 is 0 Å². The molecule has 76 valence electrons. The van der Waals surface area contributed by atoms with E-state index in [0.29, 0.717) is 6.42 Å². The van der Waals surface area contributed by atoms with Crippen molar-refractivity contribution in [3.8, 4) is 0 Å². The second-order valence-electron chi connectivity index (χ2n) is 4.04. The standard InChI is InChI=1S/C11H14O3/c1-4-8-5-9(13-7(2)12)6-10-11(8,3)14-10/h9-10H,1,5-6H2,2-3H3/t9-,10+,11-/m1/s1. The molecule has 14 heavy (non-hydrogen) atoms. The molecular weight excluding hydrogens is 180 g/mol. The van der Waals surface area contributed by atoms with Crippen LogP contribution < -0.4 is 0 Å². The van der Waals surface area contributed by atoms with Crippen LogP contribution in [-0.2, 0) is 14.3 Å². The zero-order chi connectivity index (χ0) is 10.3. The molecule has 0 aromatic heterocycles. The van der Waals surface area contributed by atoms with Crippen LogP contribution in [0.15, 0.2) is 17.9 Å². The van der Waals surface area contributed by atoms with Crippen LogP contribution >= 0.6 is 0 Å². The highest BCUT2D eigenvalue weighted by atomic mass is 16.6. The first-order chi connectivity index (χ1) is 6.56. The minimum Gasteiger partial charge on any atom is -0.462 e. The van der Waals surface area contributed by atoms with Crippen molar-refractivity contribution in [2.75, 3.05) is 0 Å². The molecule has 0 unspecified atom stereocenters. The van der Waals surface area contributed by atoms with Gasteiger partial charge in [0.25, 0.3) is 0 Å². The van der Waals surface area contributed by atoms with Crippen LogP contribution in [0.2, 0.25) is 0 Å². The molecular formula is C11H14O3. The van der Waals surface area contributed by atoms with Gasteiger partial charge in [0.05, 0.1) is 6.10 Å². The first-order valence-electron chi connectivity index (χ1n) is 4.80. The van der Waals surface area contributed by atoms with Crippen molar-refractivity contribution in [3.05, 3.63) is 17.9 Å². The molecule has 0 N–H and O–H groups in total. The number of fused-ring (bicyclic) bond motifs is 1. The Morgan fingerprint density at radius 1 is 1.79 bits per heavy atom. The molecule has 3 nitrogen and oxygen atoms in total.